The van der Waals surface area contributed by atoms with Crippen LogP contribution in [-0.2, 0) is 6.42 Å². The van der Waals surface area contributed by atoms with Gasteiger partial charge < -0.3 is 20.1 Å². The number of nitrogens with one attached hydrogen (secondary N) is 1. The van der Waals surface area contributed by atoms with Gasteiger partial charge in [-0.05, 0) is 61.8 Å². The lowest BCUT2D eigenvalue weighted by Crippen LogP contribution is -2.51. The highest BCUT2D eigenvalue weighted by Gasteiger charge is 2.40. The number of carbonyl (C=O) groups excluding carboxylic acids is 1. The molecule has 0 saturated carbocycles. The van der Waals surface area contributed by atoms with Crippen LogP contribution in [0.3, 0.4) is 0 Å². The average molecular weight is 492 g/mol. The van der Waals surface area contributed by atoms with E-state index in [2.05, 4.69) is 56.1 Å². The molecule has 36 heavy (non-hydrogen) atoms. The summed E-state index contributed by atoms with van der Waals surface area (Å²) < 4.78 is 7.80. The van der Waals surface area contributed by atoms with Crippen LogP contribution < -0.4 is 10.1 Å². The van der Waals surface area contributed by atoms with Crippen molar-refractivity contribution in [2.24, 2.45) is 5.41 Å². The van der Waals surface area contributed by atoms with Gasteiger partial charge in [0.05, 0.1) is 6.20 Å². The van der Waals surface area contributed by atoms with Crippen molar-refractivity contribution < 1.29 is 19.4 Å². The lowest BCUT2D eigenvalue weighted by atomic mass is 9.74. The number of rotatable bonds is 3. The number of hydrogen-bond acceptors (Lipinski definition) is 5. The van der Waals surface area contributed by atoms with Crippen molar-refractivity contribution in [2.45, 2.75) is 71.4 Å². The summed E-state index contributed by atoms with van der Waals surface area (Å²) in [4.78, 5) is 31.2. The van der Waals surface area contributed by atoms with Gasteiger partial charge in [0.2, 0.25) is 0 Å². The number of hydrogen-bond donors (Lipinski definition) is 2. The number of amides is 2. The van der Waals surface area contributed by atoms with Crippen LogP contribution in [0.5, 0.6) is 5.75 Å². The lowest BCUT2D eigenvalue weighted by Gasteiger charge is -2.45. The minimum Gasteiger partial charge on any atom is -0.487 e. The molecule has 1 fully saturated rings. The Bertz CT molecular complexity index is 1340. The van der Waals surface area contributed by atoms with Gasteiger partial charge in [-0.3, -0.25) is 4.79 Å². The third-order valence-corrected chi connectivity index (χ3v) is 7.29. The van der Waals surface area contributed by atoms with Crippen molar-refractivity contribution in [1.29, 1.82) is 0 Å². The second-order valence-corrected chi connectivity index (χ2v) is 11.6. The maximum atomic E-state index is 13.4. The molecule has 4 heterocycles. The smallest absolute Gasteiger partial charge is 0.407 e. The van der Waals surface area contributed by atoms with Gasteiger partial charge in [-0.25, -0.2) is 14.3 Å². The normalized spacial score (nSPS) is 21.2. The van der Waals surface area contributed by atoms with Crippen molar-refractivity contribution in [3.8, 4) is 5.75 Å². The first-order valence-electron chi connectivity index (χ1n) is 12.4. The number of carboxylic acid groups (broad SMARTS) is 1. The Morgan fingerprint density at radius 3 is 2.75 bits per heavy atom. The quantitative estimate of drug-likeness (QED) is 0.536. The zero-order valence-corrected chi connectivity index (χ0v) is 21.4. The molecule has 2 aliphatic heterocycles. The van der Waals surface area contributed by atoms with Gasteiger partial charge in [0.1, 0.15) is 16.9 Å². The summed E-state index contributed by atoms with van der Waals surface area (Å²) in [7, 11) is 0. The van der Waals surface area contributed by atoms with Gasteiger partial charge in [-0.1, -0.05) is 20.8 Å². The Balaban J connectivity index is 1.52. The van der Waals surface area contributed by atoms with Crippen LogP contribution in [0.4, 0.5) is 10.5 Å². The first kappa shape index (κ1) is 24.1. The third kappa shape index (κ3) is 4.38. The zero-order valence-electron chi connectivity index (χ0n) is 21.4. The molecule has 0 radical (unpaired) electrons. The fourth-order valence-electron chi connectivity index (χ4n) is 5.59. The van der Waals surface area contributed by atoms with Gasteiger partial charge >= 0.3 is 6.09 Å². The van der Waals surface area contributed by atoms with Crippen molar-refractivity contribution in [3.63, 3.8) is 0 Å². The number of ether oxygens (including phenoxy) is 1. The largest absolute Gasteiger partial charge is 0.487 e. The zero-order chi connectivity index (χ0) is 25.8. The van der Waals surface area contributed by atoms with Crippen molar-refractivity contribution in [2.75, 3.05) is 11.9 Å². The van der Waals surface area contributed by atoms with E-state index in [4.69, 9.17) is 4.74 Å². The van der Waals surface area contributed by atoms with E-state index < -0.39 is 6.09 Å². The Hall–Kier alpha value is -3.62. The lowest BCUT2D eigenvalue weighted by molar-refractivity contribution is 0.0526. The third-order valence-electron chi connectivity index (χ3n) is 7.29. The molecule has 2 aliphatic rings. The molecule has 2 aromatic heterocycles. The predicted molar refractivity (Wildman–Crippen MR) is 136 cm³/mol. The Kier molecular flexibility index (Phi) is 5.69. The van der Waals surface area contributed by atoms with E-state index >= 15 is 0 Å². The minimum absolute atomic E-state index is 0.0692. The average Bonchev–Trinajstić information content (AvgIpc) is 3.36. The molecule has 2 atom stereocenters. The standard InChI is InChI=1S/C27H33N5O4/c1-26(2,3)22-12-16(7-10-31(22)25(34)35)18-13-21-17(14-27(4,5)36-21)11-20(18)30-24(33)19-15-29-32-9-6-8-28-23(19)32/h6,8-9,11,13,15-16,22H,7,10,12,14H2,1-5H3,(H,30,33)(H,34,35). The molecule has 190 valence electrons. The van der Waals surface area contributed by atoms with E-state index in [0.717, 1.165) is 29.0 Å². The van der Waals surface area contributed by atoms with Gasteiger partial charge in [-0.2, -0.15) is 5.10 Å². The maximum Gasteiger partial charge on any atom is 0.407 e. The molecule has 2 amide bonds. The van der Waals surface area contributed by atoms with Crippen molar-refractivity contribution in [1.82, 2.24) is 19.5 Å². The number of likely N-dealkylation sites (tertiary alicyclic amines) is 1. The molecular weight excluding hydrogens is 458 g/mol. The molecule has 9 heteroatoms. The molecule has 9 nitrogen and oxygen atoms in total. The molecule has 2 unspecified atom stereocenters. The van der Waals surface area contributed by atoms with Crippen LogP contribution in [0, 0.1) is 5.41 Å². The summed E-state index contributed by atoms with van der Waals surface area (Å²) in [5.74, 6) is 0.622. The molecular formula is C27H33N5O4. The van der Waals surface area contributed by atoms with Crippen LogP contribution in [0.25, 0.3) is 5.65 Å². The molecule has 3 aromatic rings. The maximum absolute atomic E-state index is 13.4. The topological polar surface area (TPSA) is 109 Å². The first-order chi connectivity index (χ1) is 16.9. The van der Waals surface area contributed by atoms with E-state index in [9.17, 15) is 14.7 Å². The number of fused-ring (bicyclic) bond motifs is 2. The second kappa shape index (κ2) is 8.50. The van der Waals surface area contributed by atoms with E-state index in [0.29, 0.717) is 30.6 Å². The Morgan fingerprint density at radius 1 is 1.25 bits per heavy atom. The van der Waals surface area contributed by atoms with Crippen LogP contribution in [0.15, 0.2) is 36.8 Å². The highest BCUT2D eigenvalue weighted by Crippen LogP contribution is 2.45. The van der Waals surface area contributed by atoms with Gasteiger partial charge in [0, 0.05) is 42.7 Å². The first-order valence-corrected chi connectivity index (χ1v) is 12.4. The van der Waals surface area contributed by atoms with E-state index in [1.807, 2.05) is 6.07 Å². The number of benzene rings is 1. The molecule has 0 aliphatic carbocycles. The molecule has 1 aromatic carbocycles. The van der Waals surface area contributed by atoms with Crippen LogP contribution in [0.2, 0.25) is 0 Å². The minimum atomic E-state index is -0.887. The second-order valence-electron chi connectivity index (χ2n) is 11.6. The summed E-state index contributed by atoms with van der Waals surface area (Å²) in [6.45, 7) is 10.8. The molecule has 5 rings (SSSR count). The summed E-state index contributed by atoms with van der Waals surface area (Å²) in [6, 6.07) is 5.68. The van der Waals surface area contributed by atoms with Crippen LogP contribution >= 0.6 is 0 Å². The summed E-state index contributed by atoms with van der Waals surface area (Å²) in [6.07, 6.45) is 6.10. The molecule has 0 spiro atoms. The van der Waals surface area contributed by atoms with Crippen molar-refractivity contribution in [3.05, 3.63) is 53.5 Å². The Morgan fingerprint density at radius 2 is 2.03 bits per heavy atom. The summed E-state index contributed by atoms with van der Waals surface area (Å²) in [5.41, 5.74) is 3.09. The monoisotopic (exact) mass is 491 g/mol. The van der Waals surface area contributed by atoms with Crippen LogP contribution in [0.1, 0.15) is 74.9 Å². The number of nitrogens with zero attached hydrogens (tertiary/aromatic N) is 4. The van der Waals surface area contributed by atoms with E-state index in [1.54, 1.807) is 27.9 Å². The SMILES string of the molecule is CC1(C)Cc2cc(NC(=O)c3cnn4cccnc34)c(C3CCN(C(=O)O)C(C(C)(C)C)C3)cc2O1. The van der Waals surface area contributed by atoms with Gasteiger partial charge in [0.25, 0.3) is 5.91 Å². The fourth-order valence-corrected chi connectivity index (χ4v) is 5.59. The van der Waals surface area contributed by atoms with Gasteiger partial charge in [-0.15, -0.1) is 0 Å². The van der Waals surface area contributed by atoms with Gasteiger partial charge in [0.15, 0.2) is 5.65 Å². The summed E-state index contributed by atoms with van der Waals surface area (Å²) in [5, 5.41) is 17.2. The molecule has 2 N–H and O–H groups in total. The van der Waals surface area contributed by atoms with Crippen molar-refractivity contribution >= 4 is 23.3 Å². The number of carbonyl (C=O) groups is 2. The molecule has 0 bridgehead atoms. The Labute approximate surface area is 210 Å². The summed E-state index contributed by atoms with van der Waals surface area (Å²) >= 11 is 0. The number of piperidine rings is 1. The van der Waals surface area contributed by atoms with Crippen LogP contribution in [-0.4, -0.2) is 54.8 Å². The van der Waals surface area contributed by atoms with E-state index in [-0.39, 0.29) is 28.9 Å². The molecule has 1 saturated heterocycles. The highest BCUT2D eigenvalue weighted by molar-refractivity contribution is 6.08. The number of anilines is 1. The highest BCUT2D eigenvalue weighted by atomic mass is 16.5. The predicted octanol–water partition coefficient (Wildman–Crippen LogP) is 4.97. The number of aromatic nitrogens is 3. The fraction of sp³-hybridized carbons (Fsp3) is 0.481. The van der Waals surface area contributed by atoms with E-state index in [1.165, 1.54) is 6.20 Å².